The van der Waals surface area contributed by atoms with Gasteiger partial charge in [0.15, 0.2) is 5.82 Å². The summed E-state index contributed by atoms with van der Waals surface area (Å²) < 4.78 is 63.5. The molecule has 1 atom stereocenters. The van der Waals surface area contributed by atoms with Gasteiger partial charge in [-0.05, 0) is 43.5 Å². The maximum atomic E-state index is 15.4. The Morgan fingerprint density at radius 3 is 2.76 bits per heavy atom. The molecule has 1 unspecified atom stereocenters. The number of nitrogens with zero attached hydrogens (tertiary/aromatic N) is 2. The predicted octanol–water partition coefficient (Wildman–Crippen LogP) is 3.08. The number of halogens is 1. The minimum absolute atomic E-state index is 0.0000803. The second-order valence-electron chi connectivity index (χ2n) is 7.51. The van der Waals surface area contributed by atoms with Crippen LogP contribution in [0, 0.1) is 12.7 Å². The van der Waals surface area contributed by atoms with Gasteiger partial charge in [-0.25, -0.2) is 17.8 Å². The minimum Gasteiger partial charge on any atom is -0.755 e. The summed E-state index contributed by atoms with van der Waals surface area (Å²) in [5.74, 6) is -1.99. The average Bonchev–Trinajstić information content (AvgIpc) is 3.19. The third-order valence-electron chi connectivity index (χ3n) is 5.00. The van der Waals surface area contributed by atoms with Crippen molar-refractivity contribution in [3.63, 3.8) is 0 Å². The number of carbonyl (C=O) groups excluding carboxylic acids is 1. The molecule has 9 nitrogen and oxygen atoms in total. The van der Waals surface area contributed by atoms with Gasteiger partial charge in [0, 0.05) is 35.1 Å². The number of aromatic amines is 1. The number of amides is 1. The van der Waals surface area contributed by atoms with Gasteiger partial charge in [-0.15, -0.1) is 0 Å². The summed E-state index contributed by atoms with van der Waals surface area (Å²) in [4.78, 5) is 19.9. The predicted molar refractivity (Wildman–Crippen MR) is 125 cm³/mol. The Morgan fingerprint density at radius 1 is 1.30 bits per heavy atom. The molecule has 0 aliphatic heterocycles. The Kier molecular flexibility index (Phi) is 7.82. The zero-order valence-electron chi connectivity index (χ0n) is 18.1. The first-order valence-electron chi connectivity index (χ1n) is 10.2. The van der Waals surface area contributed by atoms with Crippen LogP contribution in [0.3, 0.4) is 0 Å². The normalized spacial score (nSPS) is 12.6. The van der Waals surface area contributed by atoms with Gasteiger partial charge >= 0.3 is 0 Å². The number of nitrogens with one attached hydrogen (secondary N) is 2. The fourth-order valence-corrected chi connectivity index (χ4v) is 5.43. The van der Waals surface area contributed by atoms with Gasteiger partial charge in [0.25, 0.3) is 5.91 Å². The van der Waals surface area contributed by atoms with Gasteiger partial charge in [0.1, 0.15) is 15.5 Å². The zero-order chi connectivity index (χ0) is 24.2. The van der Waals surface area contributed by atoms with Crippen molar-refractivity contribution in [3.8, 4) is 0 Å². The minimum atomic E-state index is -3.31. The summed E-state index contributed by atoms with van der Waals surface area (Å²) in [6, 6.07) is 6.13. The number of sulfone groups is 1. The number of rotatable bonds is 10. The largest absolute Gasteiger partial charge is 0.755 e. The number of H-pyrrole nitrogens is 1. The summed E-state index contributed by atoms with van der Waals surface area (Å²) in [6.45, 7) is 3.02. The molecule has 0 aliphatic rings. The van der Waals surface area contributed by atoms with Crippen molar-refractivity contribution in [2.45, 2.75) is 26.7 Å². The number of fused-ring (bicyclic) bond motifs is 1. The van der Waals surface area contributed by atoms with Crippen molar-refractivity contribution in [1.82, 2.24) is 9.97 Å². The Morgan fingerprint density at radius 2 is 2.06 bits per heavy atom. The summed E-state index contributed by atoms with van der Waals surface area (Å²) in [5, 5.41) is 3.34. The zero-order valence-corrected chi connectivity index (χ0v) is 19.8. The van der Waals surface area contributed by atoms with Crippen LogP contribution in [0.2, 0.25) is 0 Å². The lowest BCUT2D eigenvalue weighted by Gasteiger charge is -2.27. The summed E-state index contributed by atoms with van der Waals surface area (Å²) in [5.41, 5.74) is 0.655. The summed E-state index contributed by atoms with van der Waals surface area (Å²) >= 11 is -2.87. The van der Waals surface area contributed by atoms with Crippen LogP contribution in [-0.2, 0) is 21.1 Å². The van der Waals surface area contributed by atoms with Crippen LogP contribution in [-0.4, -0.2) is 51.1 Å². The maximum absolute atomic E-state index is 15.4. The van der Waals surface area contributed by atoms with Crippen molar-refractivity contribution < 1.29 is 26.4 Å². The van der Waals surface area contributed by atoms with Crippen LogP contribution in [0.25, 0.3) is 11.0 Å². The number of aromatic nitrogens is 2. The molecule has 33 heavy (non-hydrogen) atoms. The van der Waals surface area contributed by atoms with Crippen molar-refractivity contribution >= 4 is 49.4 Å². The van der Waals surface area contributed by atoms with Crippen molar-refractivity contribution in [3.05, 3.63) is 53.6 Å². The molecule has 0 radical (unpaired) electrons. The first-order chi connectivity index (χ1) is 15.6. The molecule has 3 aromatic rings. The fourth-order valence-electron chi connectivity index (χ4n) is 3.45. The monoisotopic (exact) mass is 495 g/mol. The summed E-state index contributed by atoms with van der Waals surface area (Å²) in [6.07, 6.45) is 3.57. The molecular weight excluding hydrogens is 471 g/mol. The Balaban J connectivity index is 1.84. The van der Waals surface area contributed by atoms with Crippen LogP contribution in [0.1, 0.15) is 35.7 Å². The maximum Gasteiger partial charge on any atom is 0.259 e. The smallest absolute Gasteiger partial charge is 0.259 e. The Bertz CT molecular complexity index is 1290. The van der Waals surface area contributed by atoms with Gasteiger partial charge in [-0.3, -0.25) is 13.3 Å². The molecule has 1 aromatic carbocycles. The molecule has 0 aliphatic carbocycles. The average molecular weight is 496 g/mol. The standard InChI is InChI=1S/C21H25FN4O5S2/c1-3-10-33(30,31)11-4-9-26(32(28)29)17-6-5-14(2)18(19(17)22)21(27)25-16-12-15-7-8-23-20(15)24-13-16/h5-8,12-13H,3-4,9-11H2,1-2H3,(H,23,24)(H,25,27)(H,28,29)/p-1. The number of aryl methyl sites for hydroxylation is 1. The van der Waals surface area contributed by atoms with E-state index in [9.17, 15) is 22.0 Å². The van der Waals surface area contributed by atoms with Gasteiger partial charge in [0.05, 0.1) is 28.9 Å². The highest BCUT2D eigenvalue weighted by Gasteiger charge is 2.23. The lowest BCUT2D eigenvalue weighted by atomic mass is 10.1. The molecule has 178 valence electrons. The van der Waals surface area contributed by atoms with E-state index in [1.165, 1.54) is 25.3 Å². The van der Waals surface area contributed by atoms with Crippen LogP contribution >= 0.6 is 0 Å². The van der Waals surface area contributed by atoms with E-state index in [0.717, 1.165) is 9.69 Å². The topological polar surface area (TPSA) is 135 Å². The second-order valence-corrected chi connectivity index (χ2v) is 10.7. The van der Waals surface area contributed by atoms with E-state index < -0.39 is 32.8 Å². The third kappa shape index (κ3) is 5.95. The molecule has 0 fully saturated rings. The highest BCUT2D eigenvalue weighted by atomic mass is 32.2. The Labute approximate surface area is 193 Å². The van der Waals surface area contributed by atoms with Gasteiger partial charge in [-0.1, -0.05) is 13.0 Å². The third-order valence-corrected chi connectivity index (χ3v) is 7.68. The van der Waals surface area contributed by atoms with Crippen LogP contribution in [0.4, 0.5) is 15.8 Å². The number of hydrogen-bond acceptors (Lipinski definition) is 6. The van der Waals surface area contributed by atoms with E-state index in [0.29, 0.717) is 23.3 Å². The molecule has 0 spiro atoms. The lowest BCUT2D eigenvalue weighted by Crippen LogP contribution is -2.30. The van der Waals surface area contributed by atoms with Crippen molar-refractivity contribution in [2.24, 2.45) is 0 Å². The van der Waals surface area contributed by atoms with Crippen LogP contribution in [0.5, 0.6) is 0 Å². The molecule has 0 bridgehead atoms. The molecule has 2 heterocycles. The number of pyridine rings is 1. The van der Waals surface area contributed by atoms with E-state index in [1.54, 1.807) is 25.3 Å². The van der Waals surface area contributed by atoms with E-state index >= 15 is 4.39 Å². The van der Waals surface area contributed by atoms with E-state index in [1.807, 2.05) is 0 Å². The second kappa shape index (κ2) is 10.4. The molecule has 2 N–H and O–H groups in total. The van der Waals surface area contributed by atoms with Crippen molar-refractivity contribution in [2.75, 3.05) is 27.7 Å². The van der Waals surface area contributed by atoms with Gasteiger partial charge in [-0.2, -0.15) is 0 Å². The lowest BCUT2D eigenvalue weighted by molar-refractivity contribution is 0.102. The molecule has 2 aromatic heterocycles. The fraction of sp³-hybridized carbons (Fsp3) is 0.333. The SMILES string of the molecule is CCCS(=O)(=O)CCCN(c1ccc(C)c(C(=O)Nc2cnc3[nH]ccc3c2)c1F)S(=O)[O-]. The molecule has 1 amide bonds. The first kappa shape index (κ1) is 24.8. The first-order valence-corrected chi connectivity index (χ1v) is 13.1. The number of benzene rings is 1. The van der Waals surface area contributed by atoms with Crippen LogP contribution < -0.4 is 9.62 Å². The molecule has 3 rings (SSSR count). The van der Waals surface area contributed by atoms with E-state index in [2.05, 4.69) is 15.3 Å². The van der Waals surface area contributed by atoms with Crippen molar-refractivity contribution in [1.29, 1.82) is 0 Å². The molecule has 0 saturated heterocycles. The van der Waals surface area contributed by atoms with Crippen LogP contribution in [0.15, 0.2) is 36.7 Å². The van der Waals surface area contributed by atoms with E-state index in [4.69, 9.17) is 0 Å². The highest BCUT2D eigenvalue weighted by Crippen LogP contribution is 2.27. The van der Waals surface area contributed by atoms with E-state index in [-0.39, 0.29) is 35.7 Å². The number of carbonyl (C=O) groups is 1. The Hall–Kier alpha value is -2.83. The number of hydrogen-bond donors (Lipinski definition) is 2. The highest BCUT2D eigenvalue weighted by molar-refractivity contribution is 7.91. The number of anilines is 2. The quantitative estimate of drug-likeness (QED) is 0.415. The molecular formula is C21H24FN4O5S2-. The van der Waals surface area contributed by atoms with Gasteiger partial charge in [0.2, 0.25) is 0 Å². The molecule has 0 saturated carbocycles. The van der Waals surface area contributed by atoms with Gasteiger partial charge < -0.3 is 14.9 Å². The molecule has 12 heteroatoms. The summed E-state index contributed by atoms with van der Waals surface area (Å²) in [7, 11) is -3.31.